The zero-order valence-corrected chi connectivity index (χ0v) is 22.8. The summed E-state index contributed by atoms with van der Waals surface area (Å²) < 4.78 is 6.51. The molecule has 0 fully saturated rings. The Labute approximate surface area is 208 Å². The van der Waals surface area contributed by atoms with Gasteiger partial charge in [-0.25, -0.2) is 0 Å². The number of para-hydroxylation sites is 1. The van der Waals surface area contributed by atoms with Gasteiger partial charge in [0.1, 0.15) is 0 Å². The minimum Gasteiger partial charge on any atom is -0.153 e. The Kier molecular flexibility index (Phi) is 6.47. The molecule has 146 valence electrons. The summed E-state index contributed by atoms with van der Waals surface area (Å²) in [6.45, 7) is 4.35. The summed E-state index contributed by atoms with van der Waals surface area (Å²) in [6, 6.07) is 19.3. The van der Waals surface area contributed by atoms with Gasteiger partial charge >= 0.3 is 0 Å². The van der Waals surface area contributed by atoms with E-state index in [4.69, 9.17) is 0 Å². The summed E-state index contributed by atoms with van der Waals surface area (Å²) in [5.41, 5.74) is 9.34. The monoisotopic (exact) mass is 654 g/mol. The first kappa shape index (κ1) is 21.4. The Morgan fingerprint density at radius 3 is 1.52 bits per heavy atom. The molecule has 0 aliphatic rings. The van der Waals surface area contributed by atoms with Crippen LogP contribution in [0.3, 0.4) is 0 Å². The highest BCUT2D eigenvalue weighted by atomic mass is 79.9. The second-order valence-corrected chi connectivity index (χ2v) is 11.5. The summed E-state index contributed by atoms with van der Waals surface area (Å²) in [6.07, 6.45) is 0. The van der Waals surface area contributed by atoms with Crippen molar-refractivity contribution >= 4 is 75.1 Å². The zero-order chi connectivity index (χ0) is 20.7. The molecule has 29 heavy (non-hydrogen) atoms. The molecule has 4 aromatic rings. The fourth-order valence-electron chi connectivity index (χ4n) is 3.37. The molecule has 1 nitrogen and oxygen atoms in total. The lowest BCUT2D eigenvalue weighted by Crippen LogP contribution is -2.32. The van der Waals surface area contributed by atoms with E-state index >= 15 is 0 Å². The van der Waals surface area contributed by atoms with E-state index in [1.807, 2.05) is 0 Å². The number of rotatable bonds is 3. The second kappa shape index (κ2) is 8.75. The summed E-state index contributed by atoms with van der Waals surface area (Å²) >= 11 is 16.4. The lowest BCUT2D eigenvalue weighted by molar-refractivity contribution is -0.596. The van der Waals surface area contributed by atoms with Crippen LogP contribution in [0.15, 0.2) is 78.0 Å². The van der Waals surface area contributed by atoms with Crippen LogP contribution in [-0.4, -0.2) is 0 Å². The van der Waals surface area contributed by atoms with Crippen LogP contribution in [0, 0.1) is 13.8 Å². The van der Waals surface area contributed by atoms with Crippen LogP contribution in [0.2, 0.25) is 0 Å². The van der Waals surface area contributed by atoms with Gasteiger partial charge in [-0.2, -0.15) is 4.57 Å². The summed E-state index contributed by atoms with van der Waals surface area (Å²) in [7, 11) is 0. The molecule has 1 heterocycles. The Morgan fingerprint density at radius 2 is 1.14 bits per heavy atom. The van der Waals surface area contributed by atoms with E-state index in [-0.39, 0.29) is 0 Å². The van der Waals surface area contributed by atoms with Crippen molar-refractivity contribution in [3.63, 3.8) is 0 Å². The van der Waals surface area contributed by atoms with E-state index in [0.717, 1.165) is 29.0 Å². The molecule has 0 saturated heterocycles. The third-order valence-electron chi connectivity index (χ3n) is 4.83. The van der Waals surface area contributed by atoms with E-state index in [0.29, 0.717) is 0 Å². The minimum absolute atomic E-state index is 1.05. The average molecular weight is 658 g/mol. The molecular formula is C23H16Br4NS+. The van der Waals surface area contributed by atoms with Gasteiger partial charge in [0, 0.05) is 24.8 Å². The normalized spacial score (nSPS) is 11.1. The molecule has 0 atom stereocenters. The van der Waals surface area contributed by atoms with Crippen molar-refractivity contribution in [1.29, 1.82) is 0 Å². The van der Waals surface area contributed by atoms with Crippen LogP contribution in [0.5, 0.6) is 0 Å². The lowest BCUT2D eigenvalue weighted by Gasteiger charge is -2.12. The van der Waals surface area contributed by atoms with Crippen molar-refractivity contribution in [2.45, 2.75) is 13.8 Å². The van der Waals surface area contributed by atoms with E-state index in [1.54, 1.807) is 11.3 Å². The van der Waals surface area contributed by atoms with Crippen molar-refractivity contribution in [3.05, 3.63) is 88.6 Å². The molecule has 0 aliphatic heterocycles. The molecule has 6 heteroatoms. The van der Waals surface area contributed by atoms with Gasteiger partial charge in [0.15, 0.2) is 5.69 Å². The molecule has 0 aliphatic carbocycles. The zero-order valence-electron chi connectivity index (χ0n) is 15.6. The van der Waals surface area contributed by atoms with Gasteiger partial charge in [-0.1, -0.05) is 81.1 Å². The quantitative estimate of drug-likeness (QED) is 0.194. The van der Waals surface area contributed by atoms with Crippen molar-refractivity contribution < 1.29 is 4.57 Å². The van der Waals surface area contributed by atoms with E-state index in [2.05, 4.69) is 142 Å². The molecule has 0 amide bonds. The van der Waals surface area contributed by atoms with Crippen molar-refractivity contribution in [1.82, 2.24) is 0 Å². The van der Waals surface area contributed by atoms with E-state index < -0.39 is 0 Å². The second-order valence-electron chi connectivity index (χ2n) is 6.75. The SMILES string of the molecule is Cc1sc[n+](-c2c(-c3cc(Br)cc(Br)c3)cccc2-c2cc(Br)cc(Br)c2)c1C. The van der Waals surface area contributed by atoms with Crippen LogP contribution in [-0.2, 0) is 0 Å². The van der Waals surface area contributed by atoms with Crippen LogP contribution >= 0.6 is 75.1 Å². The van der Waals surface area contributed by atoms with Gasteiger partial charge in [-0.15, -0.1) is 0 Å². The van der Waals surface area contributed by atoms with Crippen LogP contribution in [0.1, 0.15) is 10.6 Å². The first-order valence-corrected chi connectivity index (χ1v) is 12.9. The topological polar surface area (TPSA) is 3.88 Å². The smallest absolute Gasteiger partial charge is 0.153 e. The maximum absolute atomic E-state index is 3.65. The number of benzene rings is 3. The maximum Gasteiger partial charge on any atom is 0.231 e. The Hall–Kier alpha value is -0.790. The Bertz CT molecular complexity index is 1120. The molecular weight excluding hydrogens is 642 g/mol. The lowest BCUT2D eigenvalue weighted by atomic mass is 9.95. The molecule has 1 aromatic heterocycles. The average Bonchev–Trinajstić information content (AvgIpc) is 2.98. The Balaban J connectivity index is 2.08. The molecule has 4 rings (SSSR count). The first-order chi connectivity index (χ1) is 13.8. The molecule has 0 spiro atoms. The van der Waals surface area contributed by atoms with Gasteiger partial charge in [0.2, 0.25) is 11.2 Å². The molecule has 0 radical (unpaired) electrons. The van der Waals surface area contributed by atoms with Crippen LogP contribution in [0.25, 0.3) is 27.9 Å². The summed E-state index contributed by atoms with van der Waals surface area (Å²) in [5, 5.41) is 0. The third-order valence-corrected chi connectivity index (χ3v) is 7.63. The minimum atomic E-state index is 1.05. The van der Waals surface area contributed by atoms with Crippen molar-refractivity contribution in [3.8, 4) is 27.9 Å². The number of aryl methyl sites for hydroxylation is 1. The standard InChI is InChI=1S/C23H16Br4NS/c1-13-14(2)29-12-28(13)23-21(15-6-17(24)10-18(25)7-15)4-3-5-22(23)16-8-19(26)11-20(27)9-16/h3-12H,1-2H3/q+1. The molecule has 3 aromatic carbocycles. The summed E-state index contributed by atoms with van der Waals surface area (Å²) in [5.74, 6) is 0. The number of hydrogen-bond acceptors (Lipinski definition) is 1. The number of aromatic nitrogens is 1. The van der Waals surface area contributed by atoms with Crippen molar-refractivity contribution in [2.75, 3.05) is 0 Å². The van der Waals surface area contributed by atoms with E-state index in [9.17, 15) is 0 Å². The highest BCUT2D eigenvalue weighted by Crippen LogP contribution is 2.37. The summed E-state index contributed by atoms with van der Waals surface area (Å²) in [4.78, 5) is 1.32. The van der Waals surface area contributed by atoms with Gasteiger partial charge in [0.25, 0.3) is 0 Å². The largest absolute Gasteiger partial charge is 0.231 e. The molecule has 0 unspecified atom stereocenters. The predicted molar refractivity (Wildman–Crippen MR) is 137 cm³/mol. The van der Waals surface area contributed by atoms with E-state index in [1.165, 1.54) is 27.4 Å². The van der Waals surface area contributed by atoms with Gasteiger partial charge in [0.05, 0.1) is 16.0 Å². The highest BCUT2D eigenvalue weighted by Gasteiger charge is 2.25. The number of nitrogens with zero attached hydrogens (tertiary/aromatic N) is 1. The number of halogens is 4. The highest BCUT2D eigenvalue weighted by molar-refractivity contribution is 9.11. The number of hydrogen-bond donors (Lipinski definition) is 0. The van der Waals surface area contributed by atoms with Gasteiger partial charge in [-0.05, 0) is 66.6 Å². The molecule has 0 bridgehead atoms. The molecule has 0 N–H and O–H groups in total. The fraction of sp³-hybridized carbons (Fsp3) is 0.0870. The van der Waals surface area contributed by atoms with Gasteiger partial charge in [-0.3, -0.25) is 0 Å². The first-order valence-electron chi connectivity index (χ1n) is 8.86. The third kappa shape index (κ3) is 4.47. The van der Waals surface area contributed by atoms with Crippen LogP contribution in [0.4, 0.5) is 0 Å². The number of thiazole rings is 1. The fourth-order valence-corrected chi connectivity index (χ4v) is 6.76. The van der Waals surface area contributed by atoms with Crippen LogP contribution < -0.4 is 4.57 Å². The van der Waals surface area contributed by atoms with Crippen molar-refractivity contribution in [2.24, 2.45) is 0 Å². The predicted octanol–water partition coefficient (Wildman–Crippen LogP) is 9.03. The Morgan fingerprint density at radius 1 is 0.690 bits per heavy atom. The van der Waals surface area contributed by atoms with Gasteiger partial charge < -0.3 is 0 Å². The maximum atomic E-state index is 3.65. The molecule has 0 saturated carbocycles.